The van der Waals surface area contributed by atoms with Crippen molar-refractivity contribution < 1.29 is 67.1 Å². The van der Waals surface area contributed by atoms with Crippen LogP contribution in [-0.2, 0) is 62.0 Å². The normalized spacial score (nSPS) is 19.9. The van der Waals surface area contributed by atoms with E-state index in [1.54, 1.807) is 0 Å². The summed E-state index contributed by atoms with van der Waals surface area (Å²) in [7, 11) is 0. The zero-order chi connectivity index (χ0) is 42.1. The van der Waals surface area contributed by atoms with Crippen LogP contribution in [0.4, 0.5) is 0 Å². The molecule has 17 nitrogen and oxygen atoms in total. The maximum absolute atomic E-state index is 12.1. The largest absolute Gasteiger partial charge is 0.480 e. The van der Waals surface area contributed by atoms with E-state index in [0.717, 1.165) is 13.8 Å². The number of carbonyl (C=O) groups excluding carboxylic acids is 6. The average molecular weight is 800 g/mol. The molecule has 1 saturated heterocycles. The van der Waals surface area contributed by atoms with Gasteiger partial charge in [0.1, 0.15) is 31.4 Å². The third-order valence-electron chi connectivity index (χ3n) is 8.90. The fourth-order valence-electron chi connectivity index (χ4n) is 6.43. The molecule has 1 aliphatic heterocycles. The molecule has 0 radical (unpaired) electrons. The van der Waals surface area contributed by atoms with E-state index in [1.165, 1.54) is 43.0 Å². The zero-order valence-corrected chi connectivity index (χ0v) is 32.9. The summed E-state index contributed by atoms with van der Waals surface area (Å²) in [6, 6.07) is 14.6. The molecule has 2 aromatic rings. The topological polar surface area (TPSA) is 245 Å². The lowest BCUT2D eigenvalue weighted by Crippen LogP contribution is -2.66. The van der Waals surface area contributed by atoms with Gasteiger partial charge in [0, 0.05) is 53.5 Å². The standard InChI is InChI=1S/C24H39N3O12.C16H14O2/c1-13(28)27-20-22(38-16(4)31)21(37-15(3)30)18(12-36-14(2)29)39-24(20)35-11-7-9-19(32)26-10-6-5-8-17(25)23(33)34;1-11(17)18-10-16-14-8-4-2-6-12(14)13-7-3-5-9-15(13)16/h17-18,20-22,24H,5-12,25H2,1-4H3,(H,26,32)(H,27,28)(H,33,34);2-9,16H,10H2,1H3/t17-,18?,20?,21+,22+,24+;/m0./s1. The summed E-state index contributed by atoms with van der Waals surface area (Å²) in [5.41, 5.74) is 10.4. The molecule has 0 bridgehead atoms. The van der Waals surface area contributed by atoms with Crippen molar-refractivity contribution >= 4 is 41.7 Å². The second-order valence-corrected chi connectivity index (χ2v) is 13.5. The number of hydrogen-bond acceptors (Lipinski definition) is 14. The number of carbonyl (C=O) groups is 7. The van der Waals surface area contributed by atoms with Gasteiger partial charge in [0.15, 0.2) is 18.5 Å². The molecule has 312 valence electrons. The molecular formula is C40H53N3O14. The second-order valence-electron chi connectivity index (χ2n) is 13.5. The van der Waals surface area contributed by atoms with Gasteiger partial charge in [-0.05, 0) is 47.9 Å². The quantitative estimate of drug-likeness (QED) is 0.0962. The molecule has 0 saturated carbocycles. The summed E-state index contributed by atoms with van der Waals surface area (Å²) in [5.74, 6) is -3.94. The lowest BCUT2D eigenvalue weighted by Gasteiger charge is -2.44. The maximum Gasteiger partial charge on any atom is 0.320 e. The molecule has 2 aliphatic rings. The van der Waals surface area contributed by atoms with Crippen LogP contribution in [0.3, 0.4) is 0 Å². The fourth-order valence-corrected chi connectivity index (χ4v) is 6.43. The lowest BCUT2D eigenvalue weighted by molar-refractivity contribution is -0.277. The number of carboxylic acids is 1. The van der Waals surface area contributed by atoms with Crippen molar-refractivity contribution in [3.05, 3.63) is 59.7 Å². The van der Waals surface area contributed by atoms with E-state index in [2.05, 4.69) is 34.9 Å². The summed E-state index contributed by atoms with van der Waals surface area (Å²) < 4.78 is 32.6. The predicted octanol–water partition coefficient (Wildman–Crippen LogP) is 2.50. The average Bonchev–Trinajstić information content (AvgIpc) is 3.46. The van der Waals surface area contributed by atoms with Crippen molar-refractivity contribution in [3.8, 4) is 11.1 Å². The first-order chi connectivity index (χ1) is 27.1. The minimum Gasteiger partial charge on any atom is -0.480 e. The maximum atomic E-state index is 12.1. The second kappa shape index (κ2) is 23.0. The van der Waals surface area contributed by atoms with Gasteiger partial charge in [0.25, 0.3) is 0 Å². The molecular weight excluding hydrogens is 746 g/mol. The van der Waals surface area contributed by atoms with Gasteiger partial charge in [-0.3, -0.25) is 33.6 Å². The van der Waals surface area contributed by atoms with E-state index >= 15 is 0 Å². The zero-order valence-electron chi connectivity index (χ0n) is 32.9. The number of benzene rings is 2. The first kappa shape index (κ1) is 46.0. The van der Waals surface area contributed by atoms with Gasteiger partial charge >= 0.3 is 29.8 Å². The molecule has 57 heavy (non-hydrogen) atoms. The van der Waals surface area contributed by atoms with Gasteiger partial charge < -0.3 is 49.9 Å². The number of unbranched alkanes of at least 4 members (excludes halogenated alkanes) is 1. The molecule has 0 aromatic heterocycles. The third kappa shape index (κ3) is 14.9. The summed E-state index contributed by atoms with van der Waals surface area (Å²) in [6.07, 6.45) is -2.95. The number of carboxylic acid groups (broad SMARTS) is 1. The highest BCUT2D eigenvalue weighted by Crippen LogP contribution is 2.44. The number of fused-ring (bicyclic) bond motifs is 3. The molecule has 5 N–H and O–H groups in total. The molecule has 1 fully saturated rings. The van der Waals surface area contributed by atoms with E-state index in [9.17, 15) is 33.6 Å². The first-order valence-electron chi connectivity index (χ1n) is 18.7. The van der Waals surface area contributed by atoms with Gasteiger partial charge in [-0.25, -0.2) is 0 Å². The van der Waals surface area contributed by atoms with Gasteiger partial charge in [0.05, 0.1) is 6.61 Å². The molecule has 4 rings (SSSR count). The van der Waals surface area contributed by atoms with Gasteiger partial charge in [-0.1, -0.05) is 48.5 Å². The van der Waals surface area contributed by atoms with E-state index in [1.807, 2.05) is 24.3 Å². The van der Waals surface area contributed by atoms with Crippen LogP contribution >= 0.6 is 0 Å². The van der Waals surface area contributed by atoms with Crippen molar-refractivity contribution in [2.75, 3.05) is 26.4 Å². The Morgan fingerprint density at radius 1 is 0.754 bits per heavy atom. The van der Waals surface area contributed by atoms with E-state index in [-0.39, 0.29) is 43.8 Å². The molecule has 1 heterocycles. The van der Waals surface area contributed by atoms with E-state index in [4.69, 9.17) is 39.3 Å². The number of nitrogens with one attached hydrogen (secondary N) is 2. The first-order valence-corrected chi connectivity index (χ1v) is 18.7. The predicted molar refractivity (Wildman–Crippen MR) is 202 cm³/mol. The molecule has 2 amide bonds. The van der Waals surface area contributed by atoms with Crippen LogP contribution in [-0.4, -0.2) is 110 Å². The lowest BCUT2D eigenvalue weighted by atomic mass is 9.96. The van der Waals surface area contributed by atoms with E-state index in [0.29, 0.717) is 32.4 Å². The SMILES string of the molecule is CC(=O)NC1[C@H](OCCCC(=O)NCCCC[C@H](N)C(=O)O)OC(COC(C)=O)[C@@H](OC(C)=O)[C@@H]1OC(C)=O.CC(=O)OCC1c2ccccc2-c2ccccc21. The molecule has 1 aliphatic carbocycles. The number of aliphatic carboxylic acids is 1. The summed E-state index contributed by atoms with van der Waals surface area (Å²) in [5, 5.41) is 14.1. The monoisotopic (exact) mass is 799 g/mol. The third-order valence-corrected chi connectivity index (χ3v) is 8.90. The number of esters is 4. The summed E-state index contributed by atoms with van der Waals surface area (Å²) in [4.78, 5) is 80.7. The summed E-state index contributed by atoms with van der Waals surface area (Å²) >= 11 is 0. The van der Waals surface area contributed by atoms with Gasteiger partial charge in [-0.15, -0.1) is 0 Å². The number of amides is 2. The number of rotatable bonds is 18. The van der Waals surface area contributed by atoms with Crippen molar-refractivity contribution in [1.82, 2.24) is 10.6 Å². The smallest absolute Gasteiger partial charge is 0.320 e. The Bertz CT molecular complexity index is 1670. The molecule has 2 aromatic carbocycles. The highest BCUT2D eigenvalue weighted by molar-refractivity contribution is 5.79. The number of nitrogens with two attached hydrogens (primary N) is 1. The van der Waals surface area contributed by atoms with Crippen LogP contribution in [0.15, 0.2) is 48.5 Å². The number of hydrogen-bond donors (Lipinski definition) is 4. The van der Waals surface area contributed by atoms with Crippen LogP contribution in [0.1, 0.15) is 83.8 Å². The van der Waals surface area contributed by atoms with E-state index < -0.39 is 66.5 Å². The molecule has 2 unspecified atom stereocenters. The summed E-state index contributed by atoms with van der Waals surface area (Å²) in [6.45, 7) is 6.58. The molecule has 17 heteroatoms. The van der Waals surface area contributed by atoms with Crippen LogP contribution in [0, 0.1) is 0 Å². The minimum absolute atomic E-state index is 0.00689. The highest BCUT2D eigenvalue weighted by atomic mass is 16.7. The van der Waals surface area contributed by atoms with Crippen LogP contribution in [0.2, 0.25) is 0 Å². The fraction of sp³-hybridized carbons (Fsp3) is 0.525. The van der Waals surface area contributed by atoms with Crippen LogP contribution < -0.4 is 16.4 Å². The van der Waals surface area contributed by atoms with Crippen LogP contribution in [0.25, 0.3) is 11.1 Å². The van der Waals surface area contributed by atoms with Crippen LogP contribution in [0.5, 0.6) is 0 Å². The number of ether oxygens (including phenoxy) is 6. The minimum atomic E-state index is -1.23. The Labute approximate surface area is 331 Å². The van der Waals surface area contributed by atoms with Crippen molar-refractivity contribution in [1.29, 1.82) is 0 Å². The molecule has 0 spiro atoms. The van der Waals surface area contributed by atoms with Crippen molar-refractivity contribution in [2.24, 2.45) is 5.73 Å². The highest BCUT2D eigenvalue weighted by Gasteiger charge is 2.51. The Morgan fingerprint density at radius 3 is 1.86 bits per heavy atom. The van der Waals surface area contributed by atoms with Crippen molar-refractivity contribution in [2.45, 2.75) is 109 Å². The Kier molecular flexibility index (Phi) is 18.5. The van der Waals surface area contributed by atoms with Gasteiger partial charge in [0.2, 0.25) is 11.8 Å². The Hall–Kier alpha value is -5.39. The Morgan fingerprint density at radius 2 is 1.32 bits per heavy atom. The Balaban J connectivity index is 0.000000395. The van der Waals surface area contributed by atoms with Gasteiger partial charge in [-0.2, -0.15) is 0 Å². The van der Waals surface area contributed by atoms with Crippen molar-refractivity contribution in [3.63, 3.8) is 0 Å². The molecule has 6 atom stereocenters.